The summed E-state index contributed by atoms with van der Waals surface area (Å²) in [6, 6.07) is 0. The maximum Gasteiger partial charge on any atom is 0.227 e. The second-order valence-electron chi connectivity index (χ2n) is 4.57. The van der Waals surface area contributed by atoms with Crippen LogP contribution in [0.15, 0.2) is 50.6 Å². The van der Waals surface area contributed by atoms with Gasteiger partial charge in [0.1, 0.15) is 0 Å². The van der Waals surface area contributed by atoms with Gasteiger partial charge in [0.15, 0.2) is 23.1 Å². The minimum absolute atomic E-state index is 0.835. The topological polar surface area (TPSA) is 96.0 Å². The Morgan fingerprint density at radius 2 is 0.870 bits per heavy atom. The van der Waals surface area contributed by atoms with Crippen LogP contribution in [0.1, 0.15) is 13.8 Å². The van der Waals surface area contributed by atoms with Gasteiger partial charge in [-0.3, -0.25) is 19.2 Å². The van der Waals surface area contributed by atoms with Crippen molar-refractivity contribution in [3.8, 4) is 0 Å². The standard InChI is InChI=1S/C16H18O7/c1-7-11(17)15(5,12(18)8-2)21-23-22-16(6,13(19)9-3)14(20)10-4/h7-10H,1-4H2,5-6H3. The lowest BCUT2D eigenvalue weighted by Gasteiger charge is -2.26. The van der Waals surface area contributed by atoms with Crippen molar-refractivity contribution in [1.29, 1.82) is 0 Å². The molecule has 0 heterocycles. The Hall–Kier alpha value is -2.48. The van der Waals surface area contributed by atoms with Gasteiger partial charge in [-0.2, -0.15) is 9.78 Å². The van der Waals surface area contributed by atoms with E-state index in [2.05, 4.69) is 41.1 Å². The number of ketones is 4. The molecule has 0 aromatic rings. The van der Waals surface area contributed by atoms with Gasteiger partial charge in [0.05, 0.1) is 0 Å². The van der Waals surface area contributed by atoms with E-state index in [0.29, 0.717) is 0 Å². The Labute approximate surface area is 133 Å². The zero-order valence-electron chi connectivity index (χ0n) is 13.0. The third kappa shape index (κ3) is 4.26. The van der Waals surface area contributed by atoms with E-state index < -0.39 is 34.3 Å². The Morgan fingerprint density at radius 1 is 0.652 bits per heavy atom. The highest BCUT2D eigenvalue weighted by Crippen LogP contribution is 2.20. The second-order valence-corrected chi connectivity index (χ2v) is 4.57. The second kappa shape index (κ2) is 8.23. The van der Waals surface area contributed by atoms with Gasteiger partial charge in [-0.05, 0) is 38.2 Å². The fourth-order valence-corrected chi connectivity index (χ4v) is 1.34. The van der Waals surface area contributed by atoms with Crippen LogP contribution in [0.3, 0.4) is 0 Å². The monoisotopic (exact) mass is 322 g/mol. The number of carbonyl (C=O) groups is 4. The molecule has 0 saturated heterocycles. The SMILES string of the molecule is C=CC(=O)C(C)(OOOC(C)(C(=O)C=C)C(=O)C=C)C(=O)C=C. The van der Waals surface area contributed by atoms with Crippen molar-refractivity contribution in [2.45, 2.75) is 25.0 Å². The van der Waals surface area contributed by atoms with Crippen LogP contribution in [0.5, 0.6) is 0 Å². The lowest BCUT2D eigenvalue weighted by molar-refractivity contribution is -0.543. The van der Waals surface area contributed by atoms with Gasteiger partial charge in [-0.1, -0.05) is 31.4 Å². The van der Waals surface area contributed by atoms with E-state index in [9.17, 15) is 19.2 Å². The van der Waals surface area contributed by atoms with Crippen molar-refractivity contribution < 1.29 is 34.0 Å². The third-order valence-electron chi connectivity index (χ3n) is 3.02. The molecule has 0 spiro atoms. The maximum absolute atomic E-state index is 11.8. The third-order valence-corrected chi connectivity index (χ3v) is 3.02. The van der Waals surface area contributed by atoms with E-state index in [4.69, 9.17) is 0 Å². The summed E-state index contributed by atoms with van der Waals surface area (Å²) in [4.78, 5) is 56.4. The van der Waals surface area contributed by atoms with Crippen LogP contribution < -0.4 is 0 Å². The van der Waals surface area contributed by atoms with Crippen LogP contribution in [0.2, 0.25) is 0 Å². The Balaban J connectivity index is 5.33. The molecule has 0 aromatic carbocycles. The Kier molecular flexibility index (Phi) is 7.34. The lowest BCUT2D eigenvalue weighted by atomic mass is 9.95. The molecule has 0 aliphatic carbocycles. The summed E-state index contributed by atoms with van der Waals surface area (Å²) in [5, 5.41) is 4.38. The van der Waals surface area contributed by atoms with Gasteiger partial charge in [0.2, 0.25) is 11.2 Å². The average Bonchev–Trinajstić information content (AvgIpc) is 2.57. The highest BCUT2D eigenvalue weighted by molar-refractivity contribution is 6.18. The molecule has 7 nitrogen and oxygen atoms in total. The van der Waals surface area contributed by atoms with Crippen molar-refractivity contribution in [1.82, 2.24) is 0 Å². The molecule has 0 saturated carbocycles. The smallest absolute Gasteiger partial charge is 0.227 e. The molecule has 0 amide bonds. The van der Waals surface area contributed by atoms with Crippen LogP contribution in [0.4, 0.5) is 0 Å². The first-order valence-corrected chi connectivity index (χ1v) is 6.35. The summed E-state index contributed by atoms with van der Waals surface area (Å²) in [5.41, 5.74) is -4.25. The molecule has 0 atom stereocenters. The summed E-state index contributed by atoms with van der Waals surface area (Å²) < 4.78 is 0. The minimum Gasteiger partial charge on any atom is -0.291 e. The van der Waals surface area contributed by atoms with Crippen molar-refractivity contribution in [3.63, 3.8) is 0 Å². The van der Waals surface area contributed by atoms with Crippen LogP contribution in [-0.4, -0.2) is 34.3 Å². The number of hydrogen-bond donors (Lipinski definition) is 0. The summed E-state index contributed by atoms with van der Waals surface area (Å²) in [7, 11) is 0. The summed E-state index contributed by atoms with van der Waals surface area (Å²) in [5.74, 6) is -3.34. The van der Waals surface area contributed by atoms with Crippen LogP contribution >= 0.6 is 0 Å². The van der Waals surface area contributed by atoms with E-state index >= 15 is 0 Å². The first-order valence-electron chi connectivity index (χ1n) is 6.35. The van der Waals surface area contributed by atoms with Crippen molar-refractivity contribution >= 4 is 23.1 Å². The molecule has 124 valence electrons. The molecule has 0 N–H and O–H groups in total. The Bertz CT molecular complexity index is 481. The molecular formula is C16H18O7. The fourth-order valence-electron chi connectivity index (χ4n) is 1.34. The molecule has 7 heteroatoms. The van der Waals surface area contributed by atoms with E-state index in [1.807, 2.05) is 0 Å². The highest BCUT2D eigenvalue weighted by Gasteiger charge is 2.44. The van der Waals surface area contributed by atoms with Crippen LogP contribution in [0.25, 0.3) is 0 Å². The molecule has 0 radical (unpaired) electrons. The van der Waals surface area contributed by atoms with E-state index in [1.54, 1.807) is 0 Å². The number of rotatable bonds is 12. The normalized spacial score (nSPS) is 11.2. The molecule has 23 heavy (non-hydrogen) atoms. The number of hydrogen-bond acceptors (Lipinski definition) is 7. The first-order chi connectivity index (χ1) is 10.6. The summed E-state index contributed by atoms with van der Waals surface area (Å²) >= 11 is 0. The summed E-state index contributed by atoms with van der Waals surface area (Å²) in [6.07, 6.45) is 3.36. The molecular weight excluding hydrogens is 304 g/mol. The van der Waals surface area contributed by atoms with Gasteiger partial charge >= 0.3 is 0 Å². The highest BCUT2D eigenvalue weighted by atomic mass is 17.5. The fraction of sp³-hybridized carbons (Fsp3) is 0.250. The summed E-state index contributed by atoms with van der Waals surface area (Å²) in [6.45, 7) is 15.1. The first kappa shape index (κ1) is 20.5. The van der Waals surface area contributed by atoms with Crippen molar-refractivity contribution in [2.75, 3.05) is 0 Å². The van der Waals surface area contributed by atoms with Gasteiger partial charge in [-0.15, -0.1) is 0 Å². The molecule has 0 fully saturated rings. The van der Waals surface area contributed by atoms with Crippen molar-refractivity contribution in [3.05, 3.63) is 50.6 Å². The van der Waals surface area contributed by atoms with Gasteiger partial charge in [0.25, 0.3) is 0 Å². The molecule has 0 unspecified atom stereocenters. The zero-order chi connectivity index (χ0) is 18.3. The van der Waals surface area contributed by atoms with Crippen LogP contribution in [0, 0.1) is 0 Å². The quantitative estimate of drug-likeness (QED) is 0.232. The minimum atomic E-state index is -2.13. The van der Waals surface area contributed by atoms with E-state index in [1.165, 1.54) is 0 Å². The van der Waals surface area contributed by atoms with Gasteiger partial charge in [0, 0.05) is 0 Å². The van der Waals surface area contributed by atoms with Gasteiger partial charge in [-0.25, -0.2) is 0 Å². The van der Waals surface area contributed by atoms with Gasteiger partial charge < -0.3 is 0 Å². The largest absolute Gasteiger partial charge is 0.291 e. The molecule has 0 aliphatic heterocycles. The van der Waals surface area contributed by atoms with Crippen molar-refractivity contribution in [2.24, 2.45) is 0 Å². The Morgan fingerprint density at radius 3 is 1.04 bits per heavy atom. The molecule has 0 rings (SSSR count). The lowest BCUT2D eigenvalue weighted by Crippen LogP contribution is -2.48. The molecule has 0 aliphatic rings. The zero-order valence-corrected chi connectivity index (χ0v) is 13.0. The van der Waals surface area contributed by atoms with E-state index in [-0.39, 0.29) is 0 Å². The predicted molar refractivity (Wildman–Crippen MR) is 80.9 cm³/mol. The maximum atomic E-state index is 11.8. The van der Waals surface area contributed by atoms with E-state index in [0.717, 1.165) is 38.2 Å². The number of carbonyl (C=O) groups excluding carboxylic acids is 4. The average molecular weight is 322 g/mol. The molecule has 0 bridgehead atoms. The molecule has 0 aromatic heterocycles. The van der Waals surface area contributed by atoms with Crippen LogP contribution in [-0.2, 0) is 34.0 Å². The predicted octanol–water partition coefficient (Wildman–Crippen LogP) is 1.40.